The molecule has 0 radical (unpaired) electrons. The molecule has 2 N–H and O–H groups in total. The molecule has 0 aliphatic carbocycles. The van der Waals surface area contributed by atoms with Crippen LogP contribution in [0.1, 0.15) is 50.4 Å². The normalized spacial score (nSPS) is 16.9. The molecule has 1 atom stereocenters. The molecule has 27 heavy (non-hydrogen) atoms. The summed E-state index contributed by atoms with van der Waals surface area (Å²) in [6, 6.07) is 6.64. The third-order valence-corrected chi connectivity index (χ3v) is 4.81. The van der Waals surface area contributed by atoms with Gasteiger partial charge in [0.2, 0.25) is 0 Å². The second-order valence-electron chi connectivity index (χ2n) is 7.19. The number of anilines is 1. The van der Waals surface area contributed by atoms with Gasteiger partial charge in [-0.2, -0.15) is 0 Å². The first-order valence-corrected chi connectivity index (χ1v) is 9.53. The summed E-state index contributed by atoms with van der Waals surface area (Å²) in [5, 5.41) is 12.0. The number of carboxylic acid groups (broad SMARTS) is 1. The van der Waals surface area contributed by atoms with Crippen LogP contribution in [0, 0.1) is 5.92 Å². The van der Waals surface area contributed by atoms with E-state index in [9.17, 15) is 19.5 Å². The minimum Gasteiger partial charge on any atom is -0.481 e. The van der Waals surface area contributed by atoms with Crippen molar-refractivity contribution in [3.63, 3.8) is 0 Å². The third kappa shape index (κ3) is 5.21. The largest absolute Gasteiger partial charge is 0.481 e. The van der Waals surface area contributed by atoms with Crippen molar-refractivity contribution >= 4 is 23.6 Å². The lowest BCUT2D eigenvalue weighted by Gasteiger charge is -2.31. The van der Waals surface area contributed by atoms with Crippen LogP contribution in [0.25, 0.3) is 0 Å². The molecule has 1 saturated heterocycles. The van der Waals surface area contributed by atoms with E-state index < -0.39 is 11.9 Å². The molecule has 1 aliphatic heterocycles. The first-order chi connectivity index (χ1) is 12.8. The van der Waals surface area contributed by atoms with Crippen LogP contribution in [0.4, 0.5) is 10.5 Å². The molecular weight excluding hydrogens is 346 g/mol. The number of aliphatic carboxylic acids is 1. The first kappa shape index (κ1) is 20.7. The Kier molecular flexibility index (Phi) is 7.21. The zero-order valence-electron chi connectivity index (χ0n) is 16.3. The Balaban J connectivity index is 2.16. The summed E-state index contributed by atoms with van der Waals surface area (Å²) in [5.41, 5.74) is 0.895. The van der Waals surface area contributed by atoms with E-state index in [4.69, 9.17) is 0 Å². The number of carboxylic acids is 1. The summed E-state index contributed by atoms with van der Waals surface area (Å²) in [5.74, 6) is -1.54. The van der Waals surface area contributed by atoms with Gasteiger partial charge >= 0.3 is 12.0 Å². The van der Waals surface area contributed by atoms with Crippen molar-refractivity contribution < 1.29 is 19.5 Å². The average molecular weight is 375 g/mol. The quantitative estimate of drug-likeness (QED) is 0.798. The van der Waals surface area contributed by atoms with Crippen LogP contribution in [0.15, 0.2) is 24.3 Å². The maximum atomic E-state index is 13.0. The molecule has 1 aromatic rings. The van der Waals surface area contributed by atoms with Crippen LogP contribution in [-0.4, -0.2) is 58.5 Å². The number of nitrogens with zero attached hydrogens (tertiary/aromatic N) is 2. The Morgan fingerprint density at radius 1 is 1.30 bits per heavy atom. The SMILES string of the molecule is CCCN(C(=O)c1ccccc1NC(=O)N1CCCC(C(=O)O)C1)C(C)C. The molecule has 1 unspecified atom stereocenters. The Morgan fingerprint density at radius 2 is 2.00 bits per heavy atom. The fourth-order valence-electron chi connectivity index (χ4n) is 3.33. The highest BCUT2D eigenvalue weighted by Crippen LogP contribution is 2.22. The Labute approximate surface area is 160 Å². The molecule has 7 heteroatoms. The van der Waals surface area contributed by atoms with Crippen LogP contribution in [0.3, 0.4) is 0 Å². The number of hydrogen-bond donors (Lipinski definition) is 2. The summed E-state index contributed by atoms with van der Waals surface area (Å²) < 4.78 is 0. The van der Waals surface area contributed by atoms with E-state index in [2.05, 4.69) is 5.32 Å². The highest BCUT2D eigenvalue weighted by molar-refractivity contribution is 6.03. The van der Waals surface area contributed by atoms with Gasteiger partial charge in [-0.05, 0) is 45.2 Å². The molecule has 3 amide bonds. The van der Waals surface area contributed by atoms with Crippen molar-refractivity contribution in [3.05, 3.63) is 29.8 Å². The van der Waals surface area contributed by atoms with Gasteiger partial charge in [0.25, 0.3) is 5.91 Å². The fourth-order valence-corrected chi connectivity index (χ4v) is 3.33. The molecule has 1 fully saturated rings. The van der Waals surface area contributed by atoms with Crippen LogP contribution in [0.2, 0.25) is 0 Å². The monoisotopic (exact) mass is 375 g/mol. The number of carbonyl (C=O) groups is 3. The molecule has 0 bridgehead atoms. The van der Waals surface area contributed by atoms with Crippen LogP contribution in [-0.2, 0) is 4.79 Å². The minimum atomic E-state index is -0.879. The number of likely N-dealkylation sites (tertiary alicyclic amines) is 1. The highest BCUT2D eigenvalue weighted by atomic mass is 16.4. The summed E-state index contributed by atoms with van der Waals surface area (Å²) in [6.07, 6.45) is 2.08. The number of urea groups is 1. The van der Waals surface area contributed by atoms with Crippen LogP contribution in [0.5, 0.6) is 0 Å². The van der Waals surface area contributed by atoms with Gasteiger partial charge in [-0.1, -0.05) is 19.1 Å². The maximum absolute atomic E-state index is 13.0. The molecule has 1 aliphatic rings. The maximum Gasteiger partial charge on any atom is 0.321 e. The molecule has 7 nitrogen and oxygen atoms in total. The Hall–Kier alpha value is -2.57. The van der Waals surface area contributed by atoms with Crippen molar-refractivity contribution in [2.45, 2.75) is 46.1 Å². The number of para-hydroxylation sites is 1. The van der Waals surface area contributed by atoms with E-state index in [0.717, 1.165) is 6.42 Å². The van der Waals surface area contributed by atoms with Gasteiger partial charge in [0.15, 0.2) is 0 Å². The predicted molar refractivity (Wildman–Crippen MR) is 104 cm³/mol. The highest BCUT2D eigenvalue weighted by Gasteiger charge is 2.29. The number of piperidine rings is 1. The molecule has 0 aromatic heterocycles. The standard InChI is InChI=1S/C20H29N3O4/c1-4-11-23(14(2)3)18(24)16-9-5-6-10-17(16)21-20(27)22-12-7-8-15(13-22)19(25)26/h5-6,9-10,14-15H,4,7-8,11-13H2,1-3H3,(H,21,27)(H,25,26). The zero-order valence-corrected chi connectivity index (χ0v) is 16.3. The van der Waals surface area contributed by atoms with Gasteiger partial charge in [-0.25, -0.2) is 4.79 Å². The first-order valence-electron chi connectivity index (χ1n) is 9.53. The lowest BCUT2D eigenvalue weighted by atomic mass is 9.99. The van der Waals surface area contributed by atoms with Gasteiger partial charge in [0, 0.05) is 25.7 Å². The number of rotatable bonds is 6. The summed E-state index contributed by atoms with van der Waals surface area (Å²) in [4.78, 5) is 40.1. The second kappa shape index (κ2) is 9.39. The molecule has 1 aromatic carbocycles. The fraction of sp³-hybridized carbons (Fsp3) is 0.550. The molecule has 1 heterocycles. The number of amides is 3. The van der Waals surface area contributed by atoms with Crippen LogP contribution >= 0.6 is 0 Å². The topological polar surface area (TPSA) is 90.0 Å². The van der Waals surface area contributed by atoms with Gasteiger partial charge in [0.1, 0.15) is 0 Å². The number of nitrogens with one attached hydrogen (secondary N) is 1. The Bertz CT molecular complexity index is 690. The smallest absolute Gasteiger partial charge is 0.321 e. The minimum absolute atomic E-state index is 0.0552. The molecular formula is C20H29N3O4. The molecule has 2 rings (SSSR count). The van der Waals surface area contributed by atoms with E-state index in [1.54, 1.807) is 29.2 Å². The zero-order chi connectivity index (χ0) is 20.0. The van der Waals surface area contributed by atoms with Gasteiger partial charge in [-0.15, -0.1) is 0 Å². The van der Waals surface area contributed by atoms with Gasteiger partial charge < -0.3 is 20.2 Å². The summed E-state index contributed by atoms with van der Waals surface area (Å²) in [7, 11) is 0. The van der Waals surface area contributed by atoms with Crippen molar-refractivity contribution in [3.8, 4) is 0 Å². The summed E-state index contributed by atoms with van der Waals surface area (Å²) in [6.45, 7) is 7.30. The molecule has 0 saturated carbocycles. The van der Waals surface area contributed by atoms with Gasteiger partial charge in [-0.3, -0.25) is 9.59 Å². The number of benzene rings is 1. The third-order valence-electron chi connectivity index (χ3n) is 4.81. The van der Waals surface area contributed by atoms with Gasteiger partial charge in [0.05, 0.1) is 17.2 Å². The lowest BCUT2D eigenvalue weighted by molar-refractivity contribution is -0.143. The van der Waals surface area contributed by atoms with Crippen molar-refractivity contribution in [1.29, 1.82) is 0 Å². The molecule has 0 spiro atoms. The van der Waals surface area contributed by atoms with Crippen molar-refractivity contribution in [2.75, 3.05) is 25.0 Å². The second-order valence-corrected chi connectivity index (χ2v) is 7.19. The summed E-state index contributed by atoms with van der Waals surface area (Å²) >= 11 is 0. The van der Waals surface area contributed by atoms with Crippen molar-refractivity contribution in [1.82, 2.24) is 9.80 Å². The average Bonchev–Trinajstić information content (AvgIpc) is 2.65. The van der Waals surface area contributed by atoms with Crippen molar-refractivity contribution in [2.24, 2.45) is 5.92 Å². The number of hydrogen-bond acceptors (Lipinski definition) is 3. The molecule has 148 valence electrons. The lowest BCUT2D eigenvalue weighted by Crippen LogP contribution is -2.44. The van der Waals surface area contributed by atoms with E-state index >= 15 is 0 Å². The Morgan fingerprint density at radius 3 is 2.63 bits per heavy atom. The van der Waals surface area contributed by atoms with Crippen LogP contribution < -0.4 is 5.32 Å². The number of carbonyl (C=O) groups excluding carboxylic acids is 2. The predicted octanol–water partition coefficient (Wildman–Crippen LogP) is 3.28. The van der Waals surface area contributed by atoms with E-state index in [0.29, 0.717) is 37.2 Å². The van der Waals surface area contributed by atoms with E-state index in [1.165, 1.54) is 4.90 Å². The van der Waals surface area contributed by atoms with E-state index in [1.807, 2.05) is 20.8 Å². The van der Waals surface area contributed by atoms with E-state index in [-0.39, 0.29) is 24.5 Å².